The van der Waals surface area contributed by atoms with Crippen molar-refractivity contribution in [1.29, 1.82) is 0 Å². The molecule has 10 rings (SSSR count). The van der Waals surface area contributed by atoms with E-state index in [1.807, 2.05) is 0 Å². The fourth-order valence-electron chi connectivity index (χ4n) is 10.2. The van der Waals surface area contributed by atoms with Gasteiger partial charge >= 0.3 is 0 Å². The zero-order valence-electron chi connectivity index (χ0n) is 31.3. The third-order valence-corrected chi connectivity index (χ3v) is 13.0. The Morgan fingerprint density at radius 1 is 0.538 bits per heavy atom. The molecule has 0 radical (unpaired) electrons. The Morgan fingerprint density at radius 3 is 1.85 bits per heavy atom. The summed E-state index contributed by atoms with van der Waals surface area (Å²) in [7, 11) is 0. The summed E-state index contributed by atoms with van der Waals surface area (Å²) < 4.78 is 7.11. The van der Waals surface area contributed by atoms with Crippen molar-refractivity contribution in [1.82, 2.24) is 0 Å². The molecule has 1 fully saturated rings. The van der Waals surface area contributed by atoms with Crippen LogP contribution in [0.25, 0.3) is 44.2 Å². The highest BCUT2D eigenvalue weighted by Crippen LogP contribution is 2.58. The summed E-state index contributed by atoms with van der Waals surface area (Å²) in [5.74, 6) is 0.784. The topological polar surface area (TPSA) is 16.4 Å². The first-order chi connectivity index (χ1) is 25.2. The lowest BCUT2D eigenvalue weighted by atomic mass is 9.76. The highest BCUT2D eigenvalue weighted by Gasteiger charge is 2.45. The van der Waals surface area contributed by atoms with E-state index in [1.54, 1.807) is 0 Å². The van der Waals surface area contributed by atoms with Gasteiger partial charge in [-0.15, -0.1) is 0 Å². The van der Waals surface area contributed by atoms with Gasteiger partial charge in [0.2, 0.25) is 0 Å². The predicted molar refractivity (Wildman–Crippen MR) is 219 cm³/mol. The lowest BCUT2D eigenvalue weighted by Crippen LogP contribution is -2.21. The van der Waals surface area contributed by atoms with Gasteiger partial charge in [0, 0.05) is 33.0 Å². The second-order valence-corrected chi connectivity index (χ2v) is 16.9. The largest absolute Gasteiger partial charge is 0.454 e. The molecule has 2 heteroatoms. The molecule has 6 aromatic carbocycles. The van der Waals surface area contributed by atoms with E-state index < -0.39 is 0 Å². The van der Waals surface area contributed by atoms with E-state index in [0.29, 0.717) is 11.8 Å². The Kier molecular flexibility index (Phi) is 6.82. The summed E-state index contributed by atoms with van der Waals surface area (Å²) >= 11 is 0. The molecule has 2 nitrogen and oxygen atoms in total. The van der Waals surface area contributed by atoms with Crippen molar-refractivity contribution in [3.05, 3.63) is 149 Å². The molecule has 1 saturated carbocycles. The number of furan rings is 1. The zero-order valence-corrected chi connectivity index (χ0v) is 31.3. The van der Waals surface area contributed by atoms with Crippen molar-refractivity contribution in [2.24, 2.45) is 0 Å². The van der Waals surface area contributed by atoms with Crippen molar-refractivity contribution in [3.63, 3.8) is 0 Å². The molecule has 1 spiro atoms. The van der Waals surface area contributed by atoms with Crippen molar-refractivity contribution < 1.29 is 4.42 Å². The van der Waals surface area contributed by atoms with Gasteiger partial charge in [-0.2, -0.15) is 0 Å². The molecule has 3 aliphatic carbocycles. The first-order valence-electron chi connectivity index (χ1n) is 19.5. The van der Waals surface area contributed by atoms with Gasteiger partial charge in [-0.05, 0) is 117 Å². The van der Waals surface area contributed by atoms with E-state index in [1.165, 1.54) is 97.8 Å². The quantitative estimate of drug-likeness (QED) is 0.180. The van der Waals surface area contributed by atoms with Gasteiger partial charge in [-0.1, -0.05) is 133 Å². The number of hydrogen-bond acceptors (Lipinski definition) is 2. The Bertz CT molecular complexity index is 2570. The monoisotopic (exact) mass is 677 g/mol. The van der Waals surface area contributed by atoms with Crippen LogP contribution in [-0.4, -0.2) is 0 Å². The van der Waals surface area contributed by atoms with Gasteiger partial charge in [-0.25, -0.2) is 0 Å². The predicted octanol–water partition coefficient (Wildman–Crippen LogP) is 14.4. The third-order valence-electron chi connectivity index (χ3n) is 13.0. The van der Waals surface area contributed by atoms with Gasteiger partial charge in [0.1, 0.15) is 5.58 Å². The van der Waals surface area contributed by atoms with Crippen LogP contribution in [0.2, 0.25) is 0 Å². The number of hydrogen-bond donors (Lipinski definition) is 0. The van der Waals surface area contributed by atoms with E-state index in [0.717, 1.165) is 22.5 Å². The van der Waals surface area contributed by atoms with E-state index >= 15 is 0 Å². The first kappa shape index (κ1) is 31.6. The van der Waals surface area contributed by atoms with Gasteiger partial charge in [0.15, 0.2) is 5.58 Å². The Morgan fingerprint density at radius 2 is 1.15 bits per heavy atom. The maximum atomic E-state index is 7.11. The molecule has 1 aromatic heterocycles. The van der Waals surface area contributed by atoms with Crippen molar-refractivity contribution in [2.75, 3.05) is 4.90 Å². The Labute approximate surface area is 308 Å². The maximum Gasteiger partial charge on any atom is 0.159 e. The molecule has 0 bridgehead atoms. The van der Waals surface area contributed by atoms with E-state index in [9.17, 15) is 0 Å². The molecule has 0 aliphatic heterocycles. The fraction of sp³-hybridized carbons (Fsp3) is 0.280. The number of rotatable bonds is 5. The third kappa shape index (κ3) is 4.30. The molecular weight excluding hydrogens is 631 g/mol. The van der Waals surface area contributed by atoms with Gasteiger partial charge in [0.25, 0.3) is 0 Å². The molecule has 3 aliphatic rings. The summed E-state index contributed by atoms with van der Waals surface area (Å²) in [6.07, 6.45) is 4.97. The summed E-state index contributed by atoms with van der Waals surface area (Å²) in [5.41, 5.74) is 19.3. The molecule has 1 heterocycles. The number of fused-ring (bicyclic) bond motifs is 11. The van der Waals surface area contributed by atoms with Crippen LogP contribution >= 0.6 is 0 Å². The Hall–Kier alpha value is -5.08. The summed E-state index contributed by atoms with van der Waals surface area (Å²) in [5, 5.41) is 2.39. The van der Waals surface area contributed by atoms with Gasteiger partial charge < -0.3 is 9.32 Å². The van der Waals surface area contributed by atoms with Crippen LogP contribution in [0.1, 0.15) is 112 Å². The highest BCUT2D eigenvalue weighted by molar-refractivity contribution is 6.11. The van der Waals surface area contributed by atoms with Crippen LogP contribution in [0.15, 0.2) is 120 Å². The maximum absolute atomic E-state index is 7.11. The second-order valence-electron chi connectivity index (χ2n) is 16.9. The van der Waals surface area contributed by atoms with Crippen molar-refractivity contribution in [2.45, 2.75) is 89.9 Å². The van der Waals surface area contributed by atoms with Crippen LogP contribution in [0, 0.1) is 0 Å². The molecule has 0 saturated heterocycles. The molecule has 52 heavy (non-hydrogen) atoms. The minimum atomic E-state index is -0.105. The molecule has 7 aromatic rings. The second kappa shape index (κ2) is 11.2. The number of nitrogens with zero attached hydrogens (tertiary/aromatic N) is 1. The van der Waals surface area contributed by atoms with E-state index in [4.69, 9.17) is 4.42 Å². The molecular formula is C50H47NO. The number of para-hydroxylation sites is 1. The minimum Gasteiger partial charge on any atom is -0.454 e. The van der Waals surface area contributed by atoms with E-state index in [2.05, 4.69) is 162 Å². The van der Waals surface area contributed by atoms with Crippen molar-refractivity contribution >= 4 is 39.0 Å². The van der Waals surface area contributed by atoms with Crippen LogP contribution < -0.4 is 4.90 Å². The van der Waals surface area contributed by atoms with E-state index in [-0.39, 0.29) is 10.8 Å². The van der Waals surface area contributed by atoms with Crippen molar-refractivity contribution in [3.8, 4) is 22.3 Å². The summed E-state index contributed by atoms with van der Waals surface area (Å²) in [6, 6.07) is 44.1. The summed E-state index contributed by atoms with van der Waals surface area (Å²) in [6.45, 7) is 13.9. The average molecular weight is 678 g/mol. The Balaban J connectivity index is 1.24. The molecule has 0 unspecified atom stereocenters. The molecule has 0 amide bonds. The number of anilines is 3. The normalized spacial score (nSPS) is 16.2. The standard InChI is InChI=1S/C50H47NO/c1-30(2)32-26-40(31(3)4)47-41(27-32)39-16-13-19-46(48(39)52-47)51(33-20-22-37-35-14-7-9-17-42(35)49(5,6)44(37)28-33)34-21-23-38-36-15-8-10-18-43(36)50(45(38)29-34)24-11-12-25-50/h7-10,13-23,26-31H,11-12,24-25H2,1-6H3. The first-order valence-corrected chi connectivity index (χ1v) is 19.5. The highest BCUT2D eigenvalue weighted by atomic mass is 16.3. The van der Waals surface area contributed by atoms with Crippen LogP contribution in [0.3, 0.4) is 0 Å². The average Bonchev–Trinajstić information content (AvgIpc) is 3.91. The lowest BCUT2D eigenvalue weighted by Gasteiger charge is -2.31. The number of benzene rings is 6. The molecule has 0 atom stereocenters. The van der Waals surface area contributed by atoms with Gasteiger partial charge in [-0.3, -0.25) is 0 Å². The van der Waals surface area contributed by atoms with Gasteiger partial charge in [0.05, 0.1) is 5.69 Å². The smallest absolute Gasteiger partial charge is 0.159 e. The van der Waals surface area contributed by atoms with Crippen LogP contribution in [0.4, 0.5) is 17.1 Å². The zero-order chi connectivity index (χ0) is 35.5. The van der Waals surface area contributed by atoms with Crippen LogP contribution in [0.5, 0.6) is 0 Å². The SMILES string of the molecule is CC(C)c1cc(C(C)C)c2oc3c(N(c4ccc5c(c4)C(C)(C)c4ccccc4-5)c4ccc5c(c4)C4(CCCC4)c4ccccc4-5)cccc3c2c1. The lowest BCUT2D eigenvalue weighted by molar-refractivity contribution is 0.550. The molecule has 258 valence electrons. The summed E-state index contributed by atoms with van der Waals surface area (Å²) in [4.78, 5) is 2.49. The van der Waals surface area contributed by atoms with Crippen LogP contribution in [-0.2, 0) is 10.8 Å². The molecule has 0 N–H and O–H groups in total. The fourth-order valence-corrected chi connectivity index (χ4v) is 10.2. The minimum absolute atomic E-state index is 0.0833.